The van der Waals surface area contributed by atoms with Gasteiger partial charge in [-0.05, 0) is 0 Å². The standard InChI is InChI=1S/C44H62NO5PS/c1-28(2)32-25-35(29(3)4)40(36(26-32)30(5)6)41-38(48-13)23-24-39(49-14)42(41)51(43(7,8)9,44(10,11)12)50-52(46,47)27-31-19-15-16-20-33(31)34-21-17-18-22-37(34)45/h15-26,28-30,51H,27,45H2,1-14H3. The Balaban J connectivity index is 2.17. The van der Waals surface area contributed by atoms with Gasteiger partial charge in [0.1, 0.15) is 0 Å². The molecule has 2 N–H and O–H groups in total. The van der Waals surface area contributed by atoms with E-state index in [2.05, 4.69) is 95.2 Å². The predicted octanol–water partition coefficient (Wildman–Crippen LogP) is 11.4. The van der Waals surface area contributed by atoms with Crippen LogP contribution in [0.4, 0.5) is 5.69 Å². The molecule has 0 aliphatic heterocycles. The fourth-order valence-electron chi connectivity index (χ4n) is 7.98. The molecule has 0 aromatic heterocycles. The Morgan fingerprint density at radius 3 is 1.60 bits per heavy atom. The molecule has 0 fully saturated rings. The Kier molecular flexibility index (Phi) is 12.4. The summed E-state index contributed by atoms with van der Waals surface area (Å²) in [4.78, 5) is 0. The molecule has 0 saturated carbocycles. The van der Waals surface area contributed by atoms with Crippen molar-refractivity contribution in [2.45, 2.75) is 117 Å². The second-order valence-corrected chi connectivity index (χ2v) is 23.9. The molecular weight excluding hydrogens is 686 g/mol. The number of hydrogen-bond donors (Lipinski definition) is 1. The number of benzene rings is 4. The normalized spacial score (nSPS) is 13.2. The SMILES string of the molecule is COc1ccc(OC)c([PH](OS(=O)(=O)Cc2ccccc2-c2ccccc2N)(C(C)(C)C)C(C)(C)C)c1-c1c(C(C)C)cc(C(C)C)cc1C(C)C. The second kappa shape index (κ2) is 15.5. The summed E-state index contributed by atoms with van der Waals surface area (Å²) in [5.74, 6) is 1.60. The number of rotatable bonds is 12. The second-order valence-electron chi connectivity index (χ2n) is 17.0. The van der Waals surface area contributed by atoms with Gasteiger partial charge in [-0.15, -0.1) is 0 Å². The van der Waals surface area contributed by atoms with Crippen LogP contribution in [0.2, 0.25) is 0 Å². The summed E-state index contributed by atoms with van der Waals surface area (Å²) in [7, 11) is -4.68. The molecule has 0 unspecified atom stereocenters. The fraction of sp³-hybridized carbons (Fsp3) is 0.455. The third-order valence-electron chi connectivity index (χ3n) is 10.3. The molecule has 4 aromatic rings. The molecular formula is C44H62NO5PS. The van der Waals surface area contributed by atoms with Crippen molar-refractivity contribution in [2.75, 3.05) is 20.0 Å². The van der Waals surface area contributed by atoms with Crippen LogP contribution in [-0.4, -0.2) is 32.9 Å². The van der Waals surface area contributed by atoms with Gasteiger partial charge in [-0.25, -0.2) is 0 Å². The molecule has 0 heterocycles. The summed E-state index contributed by atoms with van der Waals surface area (Å²) in [6, 6.07) is 23.5. The Morgan fingerprint density at radius 2 is 1.13 bits per heavy atom. The molecule has 4 aromatic carbocycles. The first-order valence-corrected chi connectivity index (χ1v) is 21.9. The van der Waals surface area contributed by atoms with Gasteiger partial charge in [0.2, 0.25) is 0 Å². The number of anilines is 1. The first-order chi connectivity index (χ1) is 24.1. The van der Waals surface area contributed by atoms with E-state index in [0.29, 0.717) is 28.7 Å². The molecule has 8 heteroatoms. The molecule has 6 nitrogen and oxygen atoms in total. The average Bonchev–Trinajstić information content (AvgIpc) is 3.05. The van der Waals surface area contributed by atoms with Crippen LogP contribution >= 0.6 is 7.49 Å². The summed E-state index contributed by atoms with van der Waals surface area (Å²) in [5, 5.41) is -0.506. The molecule has 0 aliphatic rings. The van der Waals surface area contributed by atoms with Gasteiger partial charge in [-0.1, -0.05) is 0 Å². The number of nitrogen functional groups attached to an aromatic ring is 1. The number of nitrogens with two attached hydrogens (primary N) is 1. The quantitative estimate of drug-likeness (QED) is 0.115. The Bertz CT molecular complexity index is 1960. The minimum absolute atomic E-state index is 0.168. The first kappa shape index (κ1) is 41.4. The molecule has 0 aliphatic carbocycles. The van der Waals surface area contributed by atoms with Gasteiger partial charge in [0.15, 0.2) is 0 Å². The van der Waals surface area contributed by atoms with E-state index in [4.69, 9.17) is 19.2 Å². The van der Waals surface area contributed by atoms with Crippen molar-refractivity contribution in [3.63, 3.8) is 0 Å². The molecule has 52 heavy (non-hydrogen) atoms. The van der Waals surface area contributed by atoms with Crippen LogP contribution in [-0.2, 0) is 19.8 Å². The number of methoxy groups -OCH3 is 2. The van der Waals surface area contributed by atoms with Crippen molar-refractivity contribution < 1.29 is 21.9 Å². The molecule has 0 atom stereocenters. The zero-order valence-corrected chi connectivity index (χ0v) is 35.7. The summed E-state index contributed by atoms with van der Waals surface area (Å²) in [5.41, 5.74) is 14.7. The van der Waals surface area contributed by atoms with Crippen LogP contribution in [0.3, 0.4) is 0 Å². The molecule has 4 rings (SSSR count). The van der Waals surface area contributed by atoms with Crippen molar-refractivity contribution in [2.24, 2.45) is 0 Å². The predicted molar refractivity (Wildman–Crippen MR) is 225 cm³/mol. The molecule has 0 spiro atoms. The van der Waals surface area contributed by atoms with E-state index in [1.807, 2.05) is 60.7 Å². The van der Waals surface area contributed by atoms with Crippen molar-refractivity contribution in [1.29, 1.82) is 0 Å². The maximum atomic E-state index is 14.9. The van der Waals surface area contributed by atoms with Crippen molar-refractivity contribution in [3.8, 4) is 33.8 Å². The van der Waals surface area contributed by atoms with Gasteiger partial charge < -0.3 is 0 Å². The third-order valence-corrected chi connectivity index (χ3v) is 18.4. The van der Waals surface area contributed by atoms with E-state index in [-0.39, 0.29) is 17.6 Å². The van der Waals surface area contributed by atoms with Gasteiger partial charge in [0.05, 0.1) is 0 Å². The van der Waals surface area contributed by atoms with Crippen LogP contribution < -0.4 is 20.5 Å². The Morgan fingerprint density at radius 1 is 0.654 bits per heavy atom. The summed E-state index contributed by atoms with van der Waals surface area (Å²) >= 11 is 0. The van der Waals surface area contributed by atoms with Gasteiger partial charge in [0, 0.05) is 0 Å². The van der Waals surface area contributed by atoms with Crippen LogP contribution in [0, 0.1) is 0 Å². The summed E-state index contributed by atoms with van der Waals surface area (Å²) in [6.07, 6.45) is 0. The van der Waals surface area contributed by atoms with Gasteiger partial charge in [-0.2, -0.15) is 0 Å². The van der Waals surface area contributed by atoms with E-state index in [1.54, 1.807) is 14.2 Å². The van der Waals surface area contributed by atoms with Crippen molar-refractivity contribution in [1.82, 2.24) is 0 Å². The van der Waals surface area contributed by atoms with E-state index in [9.17, 15) is 8.42 Å². The summed E-state index contributed by atoms with van der Waals surface area (Å²) in [6.45, 7) is 26.0. The van der Waals surface area contributed by atoms with Gasteiger partial charge in [0.25, 0.3) is 0 Å². The Labute approximate surface area is 315 Å². The van der Waals surface area contributed by atoms with Crippen molar-refractivity contribution in [3.05, 3.63) is 95.1 Å². The van der Waals surface area contributed by atoms with Crippen molar-refractivity contribution >= 4 is 28.6 Å². The average molecular weight is 748 g/mol. The van der Waals surface area contributed by atoms with E-state index < -0.39 is 27.9 Å². The van der Waals surface area contributed by atoms with E-state index in [0.717, 1.165) is 27.6 Å². The maximum absolute atomic E-state index is 14.9. The Hall–Kier alpha value is -3.38. The molecule has 0 bridgehead atoms. The minimum atomic E-state index is -4.24. The van der Waals surface area contributed by atoms with Crippen LogP contribution in [0.25, 0.3) is 22.3 Å². The van der Waals surface area contributed by atoms with Gasteiger partial charge in [-0.3, -0.25) is 0 Å². The van der Waals surface area contributed by atoms with E-state index >= 15 is 0 Å². The zero-order chi connectivity index (χ0) is 39.0. The molecule has 284 valence electrons. The molecule has 0 amide bonds. The first-order valence-electron chi connectivity index (χ1n) is 18.4. The number of hydrogen-bond acceptors (Lipinski definition) is 6. The topological polar surface area (TPSA) is 87.9 Å². The van der Waals surface area contributed by atoms with Crippen LogP contribution in [0.1, 0.15) is 123 Å². The fourth-order valence-corrected chi connectivity index (χ4v) is 17.6. The summed E-state index contributed by atoms with van der Waals surface area (Å²) < 4.78 is 49.5. The molecule has 0 saturated heterocycles. The van der Waals surface area contributed by atoms with Gasteiger partial charge >= 0.3 is 316 Å². The van der Waals surface area contributed by atoms with E-state index in [1.165, 1.54) is 16.7 Å². The number of ether oxygens (including phenoxy) is 2. The van der Waals surface area contributed by atoms with Crippen LogP contribution in [0.15, 0.2) is 72.8 Å². The number of para-hydroxylation sites is 1. The third kappa shape index (κ3) is 7.93. The molecule has 0 radical (unpaired) electrons. The zero-order valence-electron chi connectivity index (χ0n) is 33.9. The van der Waals surface area contributed by atoms with Crippen LogP contribution in [0.5, 0.6) is 11.5 Å². The monoisotopic (exact) mass is 747 g/mol.